The molecule has 3 rings (SSSR count). The third-order valence-corrected chi connectivity index (χ3v) is 5.39. The van der Waals surface area contributed by atoms with Gasteiger partial charge in [0.1, 0.15) is 16.7 Å². The van der Waals surface area contributed by atoms with E-state index in [-0.39, 0.29) is 5.91 Å². The van der Waals surface area contributed by atoms with Gasteiger partial charge in [-0.05, 0) is 18.2 Å². The highest BCUT2D eigenvalue weighted by molar-refractivity contribution is 8.26. The number of likely N-dealkylation sites (N-methyl/N-ethyl adjacent to an activating group) is 1. The van der Waals surface area contributed by atoms with Crippen LogP contribution in [0, 0.1) is 0 Å². The minimum atomic E-state index is -0.0918. The molecule has 1 amide bonds. The molecule has 0 radical (unpaired) electrons. The molecule has 122 valence electrons. The van der Waals surface area contributed by atoms with Crippen LogP contribution < -0.4 is 4.74 Å². The Morgan fingerprint density at radius 1 is 1.21 bits per heavy atom. The van der Waals surface area contributed by atoms with Gasteiger partial charge in [-0.25, -0.2) is 0 Å². The van der Waals surface area contributed by atoms with Gasteiger partial charge in [0.25, 0.3) is 5.91 Å². The number of rotatable bonds is 4. The van der Waals surface area contributed by atoms with Gasteiger partial charge in [-0.3, -0.25) is 9.69 Å². The molecular formula is C18H14ClNO2S2. The molecule has 1 fully saturated rings. The maximum Gasteiger partial charge on any atom is 0.265 e. The number of benzene rings is 2. The van der Waals surface area contributed by atoms with E-state index in [9.17, 15) is 4.79 Å². The topological polar surface area (TPSA) is 29.5 Å². The SMILES string of the molecule is CN1C(=O)C(=Cc2ccccc2OCc2ccccc2Cl)SC1=S. The van der Waals surface area contributed by atoms with Crippen LogP contribution in [0.25, 0.3) is 6.08 Å². The summed E-state index contributed by atoms with van der Waals surface area (Å²) >= 11 is 12.6. The molecule has 0 aromatic heterocycles. The minimum absolute atomic E-state index is 0.0918. The molecule has 0 aliphatic carbocycles. The molecule has 1 heterocycles. The lowest BCUT2D eigenvalue weighted by atomic mass is 10.1. The fourth-order valence-corrected chi connectivity index (χ4v) is 3.55. The molecule has 0 unspecified atom stereocenters. The second-order valence-electron chi connectivity index (χ2n) is 5.16. The fraction of sp³-hybridized carbons (Fsp3) is 0.111. The van der Waals surface area contributed by atoms with Crippen molar-refractivity contribution in [2.45, 2.75) is 6.61 Å². The van der Waals surface area contributed by atoms with Crippen molar-refractivity contribution >= 4 is 51.9 Å². The first-order valence-corrected chi connectivity index (χ1v) is 8.83. The molecule has 0 atom stereocenters. The minimum Gasteiger partial charge on any atom is -0.488 e. The van der Waals surface area contributed by atoms with E-state index in [0.29, 0.717) is 26.6 Å². The Balaban J connectivity index is 1.83. The Kier molecular flexibility index (Phi) is 5.23. The lowest BCUT2D eigenvalue weighted by molar-refractivity contribution is -0.121. The lowest BCUT2D eigenvalue weighted by Gasteiger charge is -2.10. The van der Waals surface area contributed by atoms with Crippen molar-refractivity contribution in [3.8, 4) is 5.75 Å². The van der Waals surface area contributed by atoms with E-state index in [0.717, 1.165) is 11.1 Å². The molecule has 1 saturated heterocycles. The number of nitrogens with zero attached hydrogens (tertiary/aromatic N) is 1. The van der Waals surface area contributed by atoms with Crippen LogP contribution >= 0.6 is 35.6 Å². The highest BCUT2D eigenvalue weighted by atomic mass is 35.5. The number of hydrogen-bond donors (Lipinski definition) is 0. The van der Waals surface area contributed by atoms with Crippen molar-refractivity contribution < 1.29 is 9.53 Å². The molecule has 3 nitrogen and oxygen atoms in total. The molecule has 6 heteroatoms. The normalized spacial score (nSPS) is 16.1. The smallest absolute Gasteiger partial charge is 0.265 e. The van der Waals surface area contributed by atoms with Gasteiger partial charge >= 0.3 is 0 Å². The molecular weight excluding hydrogens is 362 g/mol. The first kappa shape index (κ1) is 17.0. The van der Waals surface area contributed by atoms with Crippen LogP contribution in [0.2, 0.25) is 5.02 Å². The van der Waals surface area contributed by atoms with Gasteiger partial charge < -0.3 is 4.74 Å². The fourth-order valence-electron chi connectivity index (χ4n) is 2.19. The summed E-state index contributed by atoms with van der Waals surface area (Å²) in [6.45, 7) is 0.360. The predicted octanol–water partition coefficient (Wildman–Crippen LogP) is 4.75. The number of para-hydroxylation sites is 1. The van der Waals surface area contributed by atoms with E-state index >= 15 is 0 Å². The highest BCUT2D eigenvalue weighted by Crippen LogP contribution is 2.33. The summed E-state index contributed by atoms with van der Waals surface area (Å²) in [4.78, 5) is 14.2. The third kappa shape index (κ3) is 3.64. The number of thiocarbonyl (C=S) groups is 1. The average molecular weight is 376 g/mol. The van der Waals surface area contributed by atoms with Crippen molar-refractivity contribution in [2.75, 3.05) is 7.05 Å². The van der Waals surface area contributed by atoms with Gasteiger partial charge in [-0.1, -0.05) is 72.0 Å². The van der Waals surface area contributed by atoms with Gasteiger partial charge in [0.05, 0.1) is 4.91 Å². The van der Waals surface area contributed by atoms with Crippen LogP contribution in [-0.2, 0) is 11.4 Å². The summed E-state index contributed by atoms with van der Waals surface area (Å²) in [5.41, 5.74) is 1.74. The maximum atomic E-state index is 12.1. The molecule has 0 bridgehead atoms. The van der Waals surface area contributed by atoms with Crippen molar-refractivity contribution in [2.24, 2.45) is 0 Å². The van der Waals surface area contributed by atoms with Gasteiger partial charge in [0.15, 0.2) is 0 Å². The second kappa shape index (κ2) is 7.38. The van der Waals surface area contributed by atoms with Crippen molar-refractivity contribution in [3.63, 3.8) is 0 Å². The third-order valence-electron chi connectivity index (χ3n) is 3.53. The molecule has 1 aliphatic heterocycles. The first-order valence-electron chi connectivity index (χ1n) is 7.23. The van der Waals surface area contributed by atoms with E-state index in [4.69, 9.17) is 28.6 Å². The monoisotopic (exact) mass is 375 g/mol. The Morgan fingerprint density at radius 2 is 1.92 bits per heavy atom. The van der Waals surface area contributed by atoms with Gasteiger partial charge in [-0.15, -0.1) is 0 Å². The Labute approximate surface area is 155 Å². The van der Waals surface area contributed by atoms with Crippen molar-refractivity contribution in [3.05, 3.63) is 69.6 Å². The number of amides is 1. The quantitative estimate of drug-likeness (QED) is 0.569. The summed E-state index contributed by atoms with van der Waals surface area (Å²) in [7, 11) is 1.68. The second-order valence-corrected chi connectivity index (χ2v) is 7.24. The Bertz CT molecular complexity index is 835. The lowest BCUT2D eigenvalue weighted by Crippen LogP contribution is -2.22. The van der Waals surface area contributed by atoms with E-state index in [1.165, 1.54) is 16.7 Å². The molecule has 1 aliphatic rings. The molecule has 2 aromatic rings. The number of ether oxygens (including phenoxy) is 1. The number of halogens is 1. The van der Waals surface area contributed by atoms with Crippen molar-refractivity contribution in [1.82, 2.24) is 4.90 Å². The highest BCUT2D eigenvalue weighted by Gasteiger charge is 2.28. The molecule has 0 N–H and O–H groups in total. The molecule has 0 saturated carbocycles. The maximum absolute atomic E-state index is 12.1. The number of carbonyl (C=O) groups is 1. The summed E-state index contributed by atoms with van der Waals surface area (Å²) in [6.07, 6.45) is 1.81. The van der Waals surface area contributed by atoms with Crippen LogP contribution in [-0.4, -0.2) is 22.2 Å². The predicted molar refractivity (Wildman–Crippen MR) is 103 cm³/mol. The standard InChI is InChI=1S/C18H14ClNO2S2/c1-20-17(21)16(24-18(20)23)10-12-6-3-5-9-15(12)22-11-13-7-2-4-8-14(13)19/h2-10H,11H2,1H3. The molecule has 2 aromatic carbocycles. The van der Waals surface area contributed by atoms with E-state index in [1.54, 1.807) is 7.05 Å². The van der Waals surface area contributed by atoms with E-state index < -0.39 is 0 Å². The first-order chi connectivity index (χ1) is 11.6. The van der Waals surface area contributed by atoms with Crippen molar-refractivity contribution in [1.29, 1.82) is 0 Å². The van der Waals surface area contributed by atoms with E-state index in [1.807, 2.05) is 54.6 Å². The largest absolute Gasteiger partial charge is 0.488 e. The van der Waals surface area contributed by atoms with Crippen LogP contribution in [0.5, 0.6) is 5.75 Å². The zero-order chi connectivity index (χ0) is 17.1. The van der Waals surface area contributed by atoms with Gasteiger partial charge in [-0.2, -0.15) is 0 Å². The molecule has 24 heavy (non-hydrogen) atoms. The zero-order valence-electron chi connectivity index (χ0n) is 12.9. The van der Waals surface area contributed by atoms with Crippen LogP contribution in [0.15, 0.2) is 53.4 Å². The Morgan fingerprint density at radius 3 is 2.62 bits per heavy atom. The summed E-state index contributed by atoms with van der Waals surface area (Å²) in [5.74, 6) is 0.602. The summed E-state index contributed by atoms with van der Waals surface area (Å²) < 4.78 is 6.46. The van der Waals surface area contributed by atoms with Gasteiger partial charge in [0.2, 0.25) is 0 Å². The average Bonchev–Trinajstić information content (AvgIpc) is 2.82. The number of thioether (sulfide) groups is 1. The van der Waals surface area contributed by atoms with Crippen LogP contribution in [0.1, 0.15) is 11.1 Å². The number of carbonyl (C=O) groups excluding carboxylic acids is 1. The number of hydrogen-bond acceptors (Lipinski definition) is 4. The Hall–Kier alpha value is -1.82. The van der Waals surface area contributed by atoms with Gasteiger partial charge in [0, 0.05) is 23.2 Å². The van der Waals surface area contributed by atoms with E-state index in [2.05, 4.69) is 0 Å². The van der Waals surface area contributed by atoms with Crippen LogP contribution in [0.4, 0.5) is 0 Å². The zero-order valence-corrected chi connectivity index (χ0v) is 15.3. The summed E-state index contributed by atoms with van der Waals surface area (Å²) in [6, 6.07) is 15.1. The van der Waals surface area contributed by atoms with Crippen LogP contribution in [0.3, 0.4) is 0 Å². The molecule has 0 spiro atoms. The summed E-state index contributed by atoms with van der Waals surface area (Å²) in [5, 5.41) is 0.668.